The second-order valence-corrected chi connectivity index (χ2v) is 14.7. The zero-order valence-electron chi connectivity index (χ0n) is 26.6. The van der Waals surface area contributed by atoms with Crippen LogP contribution in [0.3, 0.4) is 0 Å². The lowest BCUT2D eigenvalue weighted by Gasteiger charge is -2.47. The van der Waals surface area contributed by atoms with Gasteiger partial charge in [-0.25, -0.2) is 18.2 Å². The number of halogens is 4. The van der Waals surface area contributed by atoms with Crippen molar-refractivity contribution in [1.82, 2.24) is 30.0 Å². The molecule has 1 spiro atoms. The molecule has 6 rings (SSSR count). The molecule has 242 valence electrons. The largest absolute Gasteiger partial charge is 0.359 e. The van der Waals surface area contributed by atoms with Crippen LogP contribution in [0.1, 0.15) is 94.2 Å². The number of rotatable bonds is 4. The van der Waals surface area contributed by atoms with E-state index in [1.807, 2.05) is 31.7 Å². The van der Waals surface area contributed by atoms with Gasteiger partial charge in [0, 0.05) is 42.6 Å². The zero-order valence-corrected chi connectivity index (χ0v) is 27.3. The van der Waals surface area contributed by atoms with Crippen LogP contribution >= 0.6 is 11.6 Å². The van der Waals surface area contributed by atoms with Gasteiger partial charge in [-0.2, -0.15) is 5.10 Å². The minimum atomic E-state index is -1.51. The number of amides is 1. The van der Waals surface area contributed by atoms with E-state index in [0.717, 1.165) is 17.3 Å². The number of hydrogen-bond acceptors (Lipinski definition) is 6. The Labute approximate surface area is 266 Å². The van der Waals surface area contributed by atoms with Gasteiger partial charge in [-0.15, -0.1) is 0 Å². The number of aryl methyl sites for hydroxylation is 1. The molecule has 5 heterocycles. The Morgan fingerprint density at radius 2 is 1.78 bits per heavy atom. The van der Waals surface area contributed by atoms with Crippen molar-refractivity contribution in [3.8, 4) is 0 Å². The quantitative estimate of drug-likeness (QED) is 0.333. The van der Waals surface area contributed by atoms with Crippen molar-refractivity contribution in [2.75, 3.05) is 26.2 Å². The van der Waals surface area contributed by atoms with Crippen LogP contribution in [0.5, 0.6) is 0 Å². The number of ether oxygens (including phenoxy) is 1. The van der Waals surface area contributed by atoms with Gasteiger partial charge in [0.05, 0.1) is 27.9 Å². The first-order valence-electron chi connectivity index (χ1n) is 15.5. The normalized spacial score (nSPS) is 23.9. The number of fused-ring (bicyclic) bond motifs is 2. The van der Waals surface area contributed by atoms with Crippen molar-refractivity contribution in [3.63, 3.8) is 0 Å². The van der Waals surface area contributed by atoms with E-state index in [2.05, 4.69) is 40.9 Å². The fraction of sp³-hybridized carbons (Fsp3) is 0.576. The molecule has 3 aromatic rings. The second kappa shape index (κ2) is 11.3. The summed E-state index contributed by atoms with van der Waals surface area (Å²) >= 11 is 6.56. The van der Waals surface area contributed by atoms with Crippen LogP contribution in [0.2, 0.25) is 5.02 Å². The van der Waals surface area contributed by atoms with Gasteiger partial charge in [-0.1, -0.05) is 17.7 Å². The van der Waals surface area contributed by atoms with E-state index in [-0.39, 0.29) is 17.0 Å². The van der Waals surface area contributed by atoms with E-state index in [1.54, 1.807) is 0 Å². The summed E-state index contributed by atoms with van der Waals surface area (Å²) in [6.45, 7) is 13.9. The van der Waals surface area contributed by atoms with Crippen molar-refractivity contribution < 1.29 is 22.7 Å². The van der Waals surface area contributed by atoms with Crippen LogP contribution in [0.15, 0.2) is 24.5 Å². The second-order valence-electron chi connectivity index (χ2n) is 14.2. The molecule has 0 aliphatic carbocycles. The van der Waals surface area contributed by atoms with Crippen LogP contribution in [0.25, 0.3) is 0 Å². The summed E-state index contributed by atoms with van der Waals surface area (Å²) in [7, 11) is 0. The molecule has 1 aromatic carbocycles. The van der Waals surface area contributed by atoms with Crippen LogP contribution in [-0.2, 0) is 20.5 Å². The molecule has 3 aliphatic rings. The van der Waals surface area contributed by atoms with Crippen LogP contribution in [0, 0.1) is 30.3 Å². The van der Waals surface area contributed by atoms with E-state index in [1.165, 1.54) is 12.4 Å². The molecule has 0 radical (unpaired) electrons. The van der Waals surface area contributed by atoms with Gasteiger partial charge >= 0.3 is 0 Å². The maximum atomic E-state index is 15.2. The summed E-state index contributed by atoms with van der Waals surface area (Å²) in [5.41, 5.74) is 0.920. The highest BCUT2D eigenvalue weighted by molar-refractivity contribution is 6.31. The zero-order chi connectivity index (χ0) is 32.5. The summed E-state index contributed by atoms with van der Waals surface area (Å²) in [5, 5.41) is 7.57. The SMILES string of the molecule is Cc1nc2c(cc1Cl)C(C(C)(C)c1ncn[nH]1)OC21CCN(C(=O)C2CCN(C(C)(C)C)C[C@H]2c2ccc(F)c(F)c2F)CC1. The number of H-pyrrole nitrogens is 1. The van der Waals surface area contributed by atoms with Crippen molar-refractivity contribution in [2.24, 2.45) is 5.92 Å². The Kier molecular flexibility index (Phi) is 8.05. The number of aromatic amines is 1. The number of pyridine rings is 1. The summed E-state index contributed by atoms with van der Waals surface area (Å²) in [6.07, 6.45) is 2.56. The molecule has 2 saturated heterocycles. The molecule has 2 aromatic heterocycles. The van der Waals surface area contributed by atoms with E-state index in [9.17, 15) is 13.6 Å². The van der Waals surface area contributed by atoms with E-state index < -0.39 is 46.4 Å². The lowest BCUT2D eigenvalue weighted by Crippen LogP contribution is -2.54. The molecule has 2 fully saturated rings. The number of piperidine rings is 2. The third kappa shape index (κ3) is 5.44. The molecule has 2 unspecified atom stereocenters. The molecule has 3 atom stereocenters. The Morgan fingerprint density at radius 3 is 2.42 bits per heavy atom. The fourth-order valence-electron chi connectivity index (χ4n) is 7.36. The fourth-order valence-corrected chi connectivity index (χ4v) is 7.52. The molecule has 3 aliphatic heterocycles. The van der Waals surface area contributed by atoms with Crippen LogP contribution in [0.4, 0.5) is 13.2 Å². The Hall–Kier alpha value is -3.02. The molecule has 45 heavy (non-hydrogen) atoms. The average molecular weight is 645 g/mol. The minimum absolute atomic E-state index is 0.0387. The molecule has 1 amide bonds. The van der Waals surface area contributed by atoms with Gasteiger partial charge in [0.2, 0.25) is 5.91 Å². The van der Waals surface area contributed by atoms with E-state index >= 15 is 4.39 Å². The van der Waals surface area contributed by atoms with Crippen molar-refractivity contribution in [2.45, 2.75) is 89.4 Å². The van der Waals surface area contributed by atoms with Crippen molar-refractivity contribution >= 4 is 17.5 Å². The smallest absolute Gasteiger partial charge is 0.226 e. The van der Waals surface area contributed by atoms with Gasteiger partial charge in [0.25, 0.3) is 0 Å². The number of carbonyl (C=O) groups is 1. The predicted octanol–water partition coefficient (Wildman–Crippen LogP) is 6.35. The van der Waals surface area contributed by atoms with Crippen LogP contribution in [-0.4, -0.2) is 67.6 Å². The van der Waals surface area contributed by atoms with E-state index in [4.69, 9.17) is 21.3 Å². The molecular weight excluding hydrogens is 605 g/mol. The summed E-state index contributed by atoms with van der Waals surface area (Å²) in [5.74, 6) is -4.60. The lowest BCUT2D eigenvalue weighted by molar-refractivity contribution is -0.153. The lowest BCUT2D eigenvalue weighted by atomic mass is 9.77. The maximum absolute atomic E-state index is 15.2. The average Bonchev–Trinajstić information content (AvgIpc) is 3.65. The van der Waals surface area contributed by atoms with Gasteiger partial charge in [0.1, 0.15) is 17.8 Å². The van der Waals surface area contributed by atoms with Gasteiger partial charge in [0.15, 0.2) is 17.5 Å². The molecule has 1 N–H and O–H groups in total. The first kappa shape index (κ1) is 31.9. The van der Waals surface area contributed by atoms with Gasteiger partial charge < -0.3 is 9.64 Å². The summed E-state index contributed by atoms with van der Waals surface area (Å²) in [6, 6.07) is 4.16. The maximum Gasteiger partial charge on any atom is 0.226 e. The summed E-state index contributed by atoms with van der Waals surface area (Å²) in [4.78, 5) is 27.5. The standard InChI is InChI=1S/C33H40ClF3N6O2/c1-18-23(34)15-21-27(40-18)33(45-28(21)32(5,6)30-38-17-39-41-30)10-13-42(14-11-33)29(44)20-9-12-43(31(2,3)4)16-22(20)19-7-8-24(35)26(37)25(19)36/h7-8,15,17,20,22,28H,9-14,16H2,1-6H3,(H,38,39,41)/t20?,22-,28?/m0/s1. The first-order valence-corrected chi connectivity index (χ1v) is 15.9. The number of nitrogens with one attached hydrogen (secondary N) is 1. The Balaban J connectivity index is 1.27. The highest BCUT2D eigenvalue weighted by Gasteiger charge is 2.54. The van der Waals surface area contributed by atoms with Crippen molar-refractivity contribution in [3.05, 3.63) is 75.3 Å². The van der Waals surface area contributed by atoms with Crippen LogP contribution < -0.4 is 0 Å². The number of likely N-dealkylation sites (tertiary alicyclic amines) is 2. The minimum Gasteiger partial charge on any atom is -0.359 e. The number of benzene rings is 1. The van der Waals surface area contributed by atoms with Crippen molar-refractivity contribution in [1.29, 1.82) is 0 Å². The highest BCUT2D eigenvalue weighted by Crippen LogP contribution is 2.55. The number of hydrogen-bond donors (Lipinski definition) is 1. The predicted molar refractivity (Wildman–Crippen MR) is 163 cm³/mol. The molecular formula is C33H40ClF3N6O2. The van der Waals surface area contributed by atoms with E-state index in [0.29, 0.717) is 62.0 Å². The topological polar surface area (TPSA) is 87.2 Å². The Bertz CT molecular complexity index is 1600. The third-order valence-electron chi connectivity index (χ3n) is 10.1. The molecule has 0 saturated carbocycles. The molecule has 8 nitrogen and oxygen atoms in total. The highest BCUT2D eigenvalue weighted by atomic mass is 35.5. The molecule has 12 heteroatoms. The first-order chi connectivity index (χ1) is 21.1. The van der Waals surface area contributed by atoms with Gasteiger partial charge in [-0.05, 0) is 85.0 Å². The number of aromatic nitrogens is 4. The van der Waals surface area contributed by atoms with Gasteiger partial charge in [-0.3, -0.25) is 19.8 Å². The monoisotopic (exact) mass is 644 g/mol. The third-order valence-corrected chi connectivity index (χ3v) is 10.5. The molecule has 0 bridgehead atoms. The Morgan fingerprint density at radius 1 is 1.07 bits per heavy atom. The number of carbonyl (C=O) groups excluding carboxylic acids is 1. The summed E-state index contributed by atoms with van der Waals surface area (Å²) < 4.78 is 50.4. The number of nitrogens with zero attached hydrogens (tertiary/aromatic N) is 5.